The monoisotopic (exact) mass is 305 g/mol. The number of fused-ring (bicyclic) bond motifs is 1. The number of pyridine rings is 1. The Labute approximate surface area is 130 Å². The summed E-state index contributed by atoms with van der Waals surface area (Å²) in [5, 5.41) is 6.02. The maximum Gasteiger partial charge on any atom is 0.139 e. The normalized spacial score (nSPS) is 21.4. The van der Waals surface area contributed by atoms with Gasteiger partial charge < -0.3 is 15.0 Å². The number of benzene rings is 1. The van der Waals surface area contributed by atoms with Gasteiger partial charge in [0.15, 0.2) is 0 Å². The standard InChI is InChI=1S/C16H20ClN3O/c1-11(14-10-20(2)7-8-21-14)18-15-9-12-5-3-4-6-13(12)16(17)19-15/h3-6,9,11,14H,7-8,10H2,1-2H3,(H,18,19). The van der Waals surface area contributed by atoms with Gasteiger partial charge in [-0.05, 0) is 25.4 Å². The zero-order chi connectivity index (χ0) is 14.8. The van der Waals surface area contributed by atoms with Crippen molar-refractivity contribution >= 4 is 28.2 Å². The maximum atomic E-state index is 6.26. The predicted octanol–water partition coefficient (Wildman–Crippen LogP) is 3.02. The highest BCUT2D eigenvalue weighted by Crippen LogP contribution is 2.25. The average Bonchev–Trinajstić information content (AvgIpc) is 2.47. The van der Waals surface area contributed by atoms with Crippen LogP contribution in [0.5, 0.6) is 0 Å². The molecule has 4 nitrogen and oxygen atoms in total. The van der Waals surface area contributed by atoms with E-state index < -0.39 is 0 Å². The van der Waals surface area contributed by atoms with Crippen LogP contribution in [0.2, 0.25) is 5.15 Å². The van der Waals surface area contributed by atoms with E-state index in [4.69, 9.17) is 16.3 Å². The predicted molar refractivity (Wildman–Crippen MR) is 87.1 cm³/mol. The second-order valence-corrected chi connectivity index (χ2v) is 5.98. The van der Waals surface area contributed by atoms with Crippen LogP contribution in [-0.4, -0.2) is 48.8 Å². The van der Waals surface area contributed by atoms with E-state index in [0.717, 1.165) is 36.3 Å². The molecule has 1 aromatic heterocycles. The van der Waals surface area contributed by atoms with Crippen LogP contribution in [0.4, 0.5) is 5.82 Å². The fraction of sp³-hybridized carbons (Fsp3) is 0.438. The van der Waals surface area contributed by atoms with Crippen LogP contribution in [0.1, 0.15) is 6.92 Å². The molecule has 1 saturated heterocycles. The minimum Gasteiger partial charge on any atom is -0.373 e. The third kappa shape index (κ3) is 3.28. The molecule has 1 aliphatic rings. The smallest absolute Gasteiger partial charge is 0.139 e. The highest BCUT2D eigenvalue weighted by molar-refractivity contribution is 6.34. The van der Waals surface area contributed by atoms with Crippen molar-refractivity contribution < 1.29 is 4.74 Å². The zero-order valence-electron chi connectivity index (χ0n) is 12.3. The first-order valence-corrected chi connectivity index (χ1v) is 7.63. The van der Waals surface area contributed by atoms with Crippen molar-refractivity contribution in [3.05, 3.63) is 35.5 Å². The number of halogens is 1. The van der Waals surface area contributed by atoms with Gasteiger partial charge in [-0.1, -0.05) is 35.9 Å². The largest absolute Gasteiger partial charge is 0.373 e. The van der Waals surface area contributed by atoms with Crippen molar-refractivity contribution in [1.82, 2.24) is 9.88 Å². The fourth-order valence-electron chi connectivity index (χ4n) is 2.67. The van der Waals surface area contributed by atoms with Gasteiger partial charge >= 0.3 is 0 Å². The van der Waals surface area contributed by atoms with Crippen molar-refractivity contribution in [3.63, 3.8) is 0 Å². The van der Waals surface area contributed by atoms with E-state index in [1.807, 2.05) is 30.3 Å². The topological polar surface area (TPSA) is 37.4 Å². The van der Waals surface area contributed by atoms with Crippen molar-refractivity contribution in [2.45, 2.75) is 19.1 Å². The first-order valence-electron chi connectivity index (χ1n) is 7.25. The van der Waals surface area contributed by atoms with E-state index in [-0.39, 0.29) is 12.1 Å². The lowest BCUT2D eigenvalue weighted by Gasteiger charge is -2.34. The molecule has 2 heterocycles. The van der Waals surface area contributed by atoms with E-state index in [1.54, 1.807) is 0 Å². The van der Waals surface area contributed by atoms with E-state index in [9.17, 15) is 0 Å². The Morgan fingerprint density at radius 3 is 3.05 bits per heavy atom. The lowest BCUT2D eigenvalue weighted by atomic mass is 10.1. The van der Waals surface area contributed by atoms with Gasteiger partial charge in [0.1, 0.15) is 11.0 Å². The molecule has 5 heteroatoms. The first kappa shape index (κ1) is 14.6. The molecule has 1 aromatic carbocycles. The van der Waals surface area contributed by atoms with Gasteiger partial charge in [0.25, 0.3) is 0 Å². The Kier molecular flexibility index (Phi) is 4.29. The average molecular weight is 306 g/mol. The van der Waals surface area contributed by atoms with Crippen molar-refractivity contribution in [2.24, 2.45) is 0 Å². The summed E-state index contributed by atoms with van der Waals surface area (Å²) in [5.41, 5.74) is 0. The Morgan fingerprint density at radius 1 is 1.43 bits per heavy atom. The van der Waals surface area contributed by atoms with Crippen molar-refractivity contribution in [1.29, 1.82) is 0 Å². The van der Waals surface area contributed by atoms with E-state index in [2.05, 4.69) is 29.2 Å². The van der Waals surface area contributed by atoms with E-state index >= 15 is 0 Å². The summed E-state index contributed by atoms with van der Waals surface area (Å²) < 4.78 is 5.84. The molecule has 0 bridgehead atoms. The summed E-state index contributed by atoms with van der Waals surface area (Å²) in [4.78, 5) is 6.73. The van der Waals surface area contributed by atoms with Crippen LogP contribution in [0.25, 0.3) is 10.8 Å². The van der Waals surface area contributed by atoms with Crippen molar-refractivity contribution in [3.8, 4) is 0 Å². The van der Waals surface area contributed by atoms with Crippen LogP contribution < -0.4 is 5.32 Å². The minimum absolute atomic E-state index is 0.163. The molecule has 2 unspecified atom stereocenters. The molecule has 3 rings (SSSR count). The molecule has 112 valence electrons. The highest BCUT2D eigenvalue weighted by atomic mass is 35.5. The van der Waals surface area contributed by atoms with E-state index in [0.29, 0.717) is 5.15 Å². The summed E-state index contributed by atoms with van der Waals surface area (Å²) >= 11 is 6.26. The summed E-state index contributed by atoms with van der Waals surface area (Å²) in [7, 11) is 2.12. The molecule has 2 atom stereocenters. The number of ether oxygens (including phenoxy) is 1. The third-order valence-electron chi connectivity index (χ3n) is 3.92. The van der Waals surface area contributed by atoms with Gasteiger partial charge in [-0.2, -0.15) is 0 Å². The second kappa shape index (κ2) is 6.18. The SMILES string of the molecule is CC(Nc1cc2ccccc2c(Cl)n1)C1CN(C)CCO1. The molecule has 0 radical (unpaired) electrons. The van der Waals surface area contributed by atoms with E-state index in [1.165, 1.54) is 0 Å². The third-order valence-corrected chi connectivity index (χ3v) is 4.21. The van der Waals surface area contributed by atoms with Gasteiger partial charge in [0.05, 0.1) is 18.8 Å². The number of morpholine rings is 1. The number of aromatic nitrogens is 1. The molecule has 21 heavy (non-hydrogen) atoms. The van der Waals surface area contributed by atoms with Gasteiger partial charge in [-0.3, -0.25) is 0 Å². The molecule has 1 fully saturated rings. The fourth-order valence-corrected chi connectivity index (χ4v) is 2.93. The molecule has 1 aliphatic heterocycles. The number of nitrogens with zero attached hydrogens (tertiary/aromatic N) is 2. The number of hydrogen-bond donors (Lipinski definition) is 1. The van der Waals surface area contributed by atoms with Gasteiger partial charge in [0.2, 0.25) is 0 Å². The van der Waals surface area contributed by atoms with Crippen LogP contribution >= 0.6 is 11.6 Å². The first-order chi connectivity index (χ1) is 10.1. The lowest BCUT2D eigenvalue weighted by Crippen LogP contribution is -2.47. The zero-order valence-corrected chi connectivity index (χ0v) is 13.1. The molecule has 2 aromatic rings. The molecular weight excluding hydrogens is 286 g/mol. The number of likely N-dealkylation sites (N-methyl/N-ethyl adjacent to an activating group) is 1. The van der Waals surface area contributed by atoms with Gasteiger partial charge in [0, 0.05) is 18.5 Å². The van der Waals surface area contributed by atoms with Crippen molar-refractivity contribution in [2.75, 3.05) is 32.1 Å². The summed E-state index contributed by atoms with van der Waals surface area (Å²) in [5.74, 6) is 0.794. The number of hydrogen-bond acceptors (Lipinski definition) is 4. The summed E-state index contributed by atoms with van der Waals surface area (Å²) in [6.45, 7) is 4.81. The van der Waals surface area contributed by atoms with Crippen LogP contribution in [-0.2, 0) is 4.74 Å². The van der Waals surface area contributed by atoms with Gasteiger partial charge in [-0.25, -0.2) is 4.98 Å². The summed E-state index contributed by atoms with van der Waals surface area (Å²) in [6, 6.07) is 10.2. The quantitative estimate of drug-likeness (QED) is 0.885. The maximum absolute atomic E-state index is 6.26. The molecular formula is C16H20ClN3O. The minimum atomic E-state index is 0.163. The Hall–Kier alpha value is -1.36. The summed E-state index contributed by atoms with van der Waals surface area (Å²) in [6.07, 6.45) is 0.163. The number of rotatable bonds is 3. The van der Waals surface area contributed by atoms with Gasteiger partial charge in [-0.15, -0.1) is 0 Å². The molecule has 0 spiro atoms. The molecule has 0 amide bonds. The highest BCUT2D eigenvalue weighted by Gasteiger charge is 2.23. The Bertz CT molecular complexity index is 634. The number of anilines is 1. The Balaban J connectivity index is 1.78. The Morgan fingerprint density at radius 2 is 2.24 bits per heavy atom. The van der Waals surface area contributed by atoms with Crippen LogP contribution in [0.3, 0.4) is 0 Å². The lowest BCUT2D eigenvalue weighted by molar-refractivity contribution is -0.0259. The van der Waals surface area contributed by atoms with Crippen LogP contribution in [0, 0.1) is 0 Å². The number of nitrogens with one attached hydrogen (secondary N) is 1. The second-order valence-electron chi connectivity index (χ2n) is 5.62. The molecule has 0 aliphatic carbocycles. The van der Waals surface area contributed by atoms with Crippen LogP contribution in [0.15, 0.2) is 30.3 Å². The molecule has 1 N–H and O–H groups in total. The molecule has 0 saturated carbocycles.